The molecule has 0 aliphatic carbocycles. The third-order valence-electron chi connectivity index (χ3n) is 1.23. The van der Waals surface area contributed by atoms with Crippen molar-refractivity contribution in [2.45, 2.75) is 28.8 Å². The van der Waals surface area contributed by atoms with Gasteiger partial charge < -0.3 is 0 Å². The summed E-state index contributed by atoms with van der Waals surface area (Å²) in [6.45, 7) is 0. The molecule has 2 atom stereocenters. The first kappa shape index (κ1) is 17.3. The number of thioether (sulfide) groups is 1. The predicted octanol–water partition coefficient (Wildman–Crippen LogP) is 2.03. The minimum absolute atomic E-state index is 0. The van der Waals surface area contributed by atoms with Crippen molar-refractivity contribution in [3.05, 3.63) is 0 Å². The summed E-state index contributed by atoms with van der Waals surface area (Å²) in [4.78, 5) is 27.1. The van der Waals surface area contributed by atoms with Crippen LogP contribution in [0.1, 0.15) is 7.43 Å². The predicted molar refractivity (Wildman–Crippen MR) is 63.6 cm³/mol. The fourth-order valence-corrected chi connectivity index (χ4v) is 4.94. The van der Waals surface area contributed by atoms with E-state index in [0.717, 1.165) is 10.6 Å². The van der Waals surface area contributed by atoms with Crippen LogP contribution in [0.4, 0.5) is 3.89 Å². The molecule has 15 heavy (non-hydrogen) atoms. The first-order chi connectivity index (χ1) is 6.86. The summed E-state index contributed by atoms with van der Waals surface area (Å²) in [6.07, 6.45) is 3.05. The van der Waals surface area contributed by atoms with Crippen molar-refractivity contribution < 1.29 is 13.5 Å². The van der Waals surface area contributed by atoms with Crippen LogP contribution in [0.3, 0.4) is 0 Å². The molecule has 0 N–H and O–H groups in total. The molecule has 86 valence electrons. The molecule has 0 aromatic heterocycles. The van der Waals surface area contributed by atoms with Crippen molar-refractivity contribution in [1.82, 2.24) is 0 Å². The third-order valence-corrected chi connectivity index (χ3v) is 5.67. The minimum atomic E-state index is -0.0432. The molecule has 1 rings (SSSR count). The zero-order valence-electron chi connectivity index (χ0n) is 6.92. The Balaban J connectivity index is 0. The van der Waals surface area contributed by atoms with Gasteiger partial charge in [0.25, 0.3) is 0 Å². The van der Waals surface area contributed by atoms with Gasteiger partial charge in [0.05, 0.1) is 0 Å². The van der Waals surface area contributed by atoms with Crippen LogP contribution in [0.2, 0.25) is 10.6 Å². The molecular weight excluding hydrogens is 306 g/mol. The molecule has 0 radical (unpaired) electrons. The molecular formula is C7H11FN2O2S2Se. The molecule has 4 nitrogen and oxygen atoms in total. The summed E-state index contributed by atoms with van der Waals surface area (Å²) in [5.41, 5.74) is 0. The summed E-state index contributed by atoms with van der Waals surface area (Å²) in [5.74, 6) is 0. The molecule has 1 heterocycles. The van der Waals surface area contributed by atoms with E-state index in [1.165, 1.54) is 23.9 Å². The van der Waals surface area contributed by atoms with Gasteiger partial charge in [-0.25, -0.2) is 0 Å². The van der Waals surface area contributed by atoms with E-state index in [9.17, 15) is 13.5 Å². The number of nitrogens with zero attached hydrogens (tertiary/aromatic N) is 2. The zero-order valence-corrected chi connectivity index (χ0v) is 10.3. The van der Waals surface area contributed by atoms with Gasteiger partial charge in [-0.1, -0.05) is 7.43 Å². The fourth-order valence-electron chi connectivity index (χ4n) is 0.783. The van der Waals surface area contributed by atoms with E-state index in [4.69, 9.17) is 0 Å². The molecule has 1 aliphatic rings. The fraction of sp³-hybridized carbons (Fsp3) is 0.714. The van der Waals surface area contributed by atoms with E-state index in [-0.39, 0.29) is 18.2 Å². The summed E-state index contributed by atoms with van der Waals surface area (Å²) in [5, 5.41) is 1.77. The van der Waals surface area contributed by atoms with Gasteiger partial charge in [0.15, 0.2) is 0 Å². The van der Waals surface area contributed by atoms with Crippen LogP contribution < -0.4 is 0 Å². The van der Waals surface area contributed by atoms with Crippen molar-refractivity contribution in [1.29, 1.82) is 0 Å². The third kappa shape index (κ3) is 7.79. The number of hydrogen-bond donors (Lipinski definition) is 1. The van der Waals surface area contributed by atoms with Crippen LogP contribution in [-0.4, -0.2) is 37.9 Å². The molecule has 1 fully saturated rings. The van der Waals surface area contributed by atoms with Crippen molar-refractivity contribution in [2.75, 3.05) is 0 Å². The second-order valence-corrected chi connectivity index (χ2v) is 5.64. The number of aliphatic imine (C=N–C) groups is 2. The van der Waals surface area contributed by atoms with Crippen molar-refractivity contribution in [3.63, 3.8) is 0 Å². The summed E-state index contributed by atoms with van der Waals surface area (Å²) in [7, 11) is 0. The normalized spacial score (nSPS) is 23.1. The van der Waals surface area contributed by atoms with Gasteiger partial charge in [-0.3, -0.25) is 0 Å². The molecule has 0 aromatic carbocycles. The van der Waals surface area contributed by atoms with E-state index in [2.05, 4.69) is 9.98 Å². The number of thiol groups is 1. The number of rotatable bonds is 2. The Hall–Kier alpha value is -0.0905. The monoisotopic (exact) mass is 318 g/mol. The van der Waals surface area contributed by atoms with Crippen molar-refractivity contribution >= 4 is 51.9 Å². The Bertz CT molecular complexity index is 233. The number of hydrogen-bond acceptors (Lipinski definition) is 6. The maximum atomic E-state index is 9.93. The molecule has 0 bridgehead atoms. The molecule has 0 amide bonds. The average Bonchev–Trinajstić information content (AvgIpc) is 2.22. The second kappa shape index (κ2) is 12.0. The van der Waals surface area contributed by atoms with Gasteiger partial charge in [0.2, 0.25) is 0 Å². The van der Waals surface area contributed by atoms with Crippen LogP contribution >= 0.6 is 24.8 Å². The van der Waals surface area contributed by atoms with Gasteiger partial charge in [0.1, 0.15) is 0 Å². The van der Waals surface area contributed by atoms with E-state index >= 15 is 0 Å². The molecule has 0 spiro atoms. The van der Waals surface area contributed by atoms with E-state index in [1.807, 2.05) is 13.0 Å². The van der Waals surface area contributed by atoms with Gasteiger partial charge in [-0.15, -0.1) is 0 Å². The summed E-state index contributed by atoms with van der Waals surface area (Å²) in [6, 6.07) is 0. The van der Waals surface area contributed by atoms with Crippen LogP contribution in [0.15, 0.2) is 9.98 Å². The quantitative estimate of drug-likeness (QED) is 0.367. The van der Waals surface area contributed by atoms with Crippen LogP contribution in [0.25, 0.3) is 0 Å². The van der Waals surface area contributed by atoms with E-state index in [1.54, 1.807) is 0 Å². The Morgan fingerprint density at radius 1 is 1.20 bits per heavy atom. The average molecular weight is 317 g/mol. The first-order valence-corrected chi connectivity index (χ1v) is 7.11. The Labute approximate surface area is 104 Å². The number of carbonyl (C=O) groups excluding carboxylic acids is 2. The Morgan fingerprint density at radius 3 is 1.93 bits per heavy atom. The zero-order chi connectivity index (χ0) is 10.8. The summed E-state index contributed by atoms with van der Waals surface area (Å²) >= 11 is 3.90. The van der Waals surface area contributed by atoms with Gasteiger partial charge in [0, 0.05) is 13.0 Å². The second-order valence-electron chi connectivity index (χ2n) is 2.02. The van der Waals surface area contributed by atoms with E-state index in [0.29, 0.717) is 15.0 Å². The van der Waals surface area contributed by atoms with Crippen LogP contribution in [0.5, 0.6) is 0 Å². The van der Waals surface area contributed by atoms with Crippen LogP contribution in [0, 0.1) is 0 Å². The van der Waals surface area contributed by atoms with Gasteiger partial charge in [-0.2, -0.15) is 3.89 Å². The Morgan fingerprint density at radius 2 is 1.60 bits per heavy atom. The molecule has 0 aromatic rings. The molecule has 8 heteroatoms. The van der Waals surface area contributed by atoms with E-state index < -0.39 is 0 Å². The molecule has 1 saturated heterocycles. The van der Waals surface area contributed by atoms with Gasteiger partial charge >= 0.3 is 79.8 Å². The summed E-state index contributed by atoms with van der Waals surface area (Å²) < 4.78 is 9.19. The van der Waals surface area contributed by atoms with Crippen molar-refractivity contribution in [3.8, 4) is 0 Å². The molecule has 0 saturated carbocycles. The SMILES string of the molecule is C.FS.O=C=NC1C[Se]CC(N=C=O)S1. The molecule has 2 unspecified atom stereocenters. The van der Waals surface area contributed by atoms with Crippen LogP contribution in [-0.2, 0) is 9.59 Å². The standard InChI is InChI=1S/C6H6N2O2SSe.CH4.FHS/c9-3-7-5-1-12-2-6(11-5)8-4-10;;1-2/h5-6H,1-2H2;1H4;2H. The maximum absolute atomic E-state index is 9.93. The number of halogens is 1. The Kier molecular flexibility index (Phi) is 13.8. The number of isocyanates is 2. The topological polar surface area (TPSA) is 58.9 Å². The van der Waals surface area contributed by atoms with Crippen molar-refractivity contribution in [2.24, 2.45) is 9.98 Å². The van der Waals surface area contributed by atoms with Gasteiger partial charge in [-0.05, 0) is 0 Å². The first-order valence-electron chi connectivity index (χ1n) is 3.41. The molecule has 1 aliphatic heterocycles.